The fraction of sp³-hybridized carbons (Fsp3) is 0.364. The van der Waals surface area contributed by atoms with E-state index in [2.05, 4.69) is 54.5 Å². The van der Waals surface area contributed by atoms with Crippen LogP contribution in [0.15, 0.2) is 53.1 Å². The van der Waals surface area contributed by atoms with Crippen LogP contribution in [-0.4, -0.2) is 34.6 Å². The van der Waals surface area contributed by atoms with E-state index >= 15 is 0 Å². The van der Waals surface area contributed by atoms with Gasteiger partial charge in [0.25, 0.3) is 5.91 Å². The maximum atomic E-state index is 13.1. The van der Waals surface area contributed by atoms with E-state index in [-0.39, 0.29) is 11.4 Å². The molecule has 4 rings (SSSR count). The van der Waals surface area contributed by atoms with E-state index < -0.39 is 0 Å². The molecule has 1 saturated heterocycles. The van der Waals surface area contributed by atoms with Gasteiger partial charge in [0.1, 0.15) is 5.76 Å². The van der Waals surface area contributed by atoms with Gasteiger partial charge in [-0.05, 0) is 49.1 Å². The number of benzene rings is 2. The number of fused-ring (bicyclic) bond motifs is 1. The maximum absolute atomic E-state index is 13.1. The Balaban J connectivity index is 1.61. The summed E-state index contributed by atoms with van der Waals surface area (Å²) in [6, 6.07) is 16.5. The summed E-state index contributed by atoms with van der Waals surface area (Å²) >= 11 is 0. The van der Waals surface area contributed by atoms with Gasteiger partial charge in [-0.2, -0.15) is 0 Å². The average molecular weight is 363 g/mol. The van der Waals surface area contributed by atoms with E-state index in [0.717, 1.165) is 25.8 Å². The maximum Gasteiger partial charge on any atom is 0.276 e. The number of carbonyl (C=O) groups excluding carboxylic acids is 1. The second-order valence-electron chi connectivity index (χ2n) is 7.59. The van der Waals surface area contributed by atoms with Crippen molar-refractivity contribution in [1.29, 1.82) is 0 Å². The minimum atomic E-state index is -0.228. The summed E-state index contributed by atoms with van der Waals surface area (Å²) in [4.78, 5) is 15.1. The van der Waals surface area contributed by atoms with Gasteiger partial charge in [0.15, 0.2) is 5.69 Å². The molecule has 5 nitrogen and oxygen atoms in total. The highest BCUT2D eigenvalue weighted by Gasteiger charge is 2.41. The Morgan fingerprint density at radius 1 is 1.26 bits per heavy atom. The van der Waals surface area contributed by atoms with Crippen molar-refractivity contribution in [1.82, 2.24) is 10.1 Å². The molecular formula is C22H25N3O2. The zero-order valence-corrected chi connectivity index (χ0v) is 15.6. The molecule has 2 aromatic carbocycles. The molecule has 1 atom stereocenters. The summed E-state index contributed by atoms with van der Waals surface area (Å²) in [5.74, 6) is 0.609. The molecule has 1 aliphatic rings. The van der Waals surface area contributed by atoms with E-state index in [9.17, 15) is 4.79 Å². The lowest BCUT2D eigenvalue weighted by Gasteiger charge is -2.35. The Morgan fingerprint density at radius 3 is 2.93 bits per heavy atom. The van der Waals surface area contributed by atoms with E-state index in [1.807, 2.05) is 4.90 Å². The Labute approximate surface area is 159 Å². The van der Waals surface area contributed by atoms with Crippen LogP contribution in [0.1, 0.15) is 41.6 Å². The van der Waals surface area contributed by atoms with Crippen molar-refractivity contribution in [2.24, 2.45) is 5.73 Å². The molecule has 1 amide bonds. The number of likely N-dealkylation sites (tertiary alicyclic amines) is 1. The Kier molecular flexibility index (Phi) is 4.70. The lowest BCUT2D eigenvalue weighted by atomic mass is 9.87. The zero-order valence-electron chi connectivity index (χ0n) is 15.6. The third-order valence-electron chi connectivity index (χ3n) is 5.61. The molecule has 3 aromatic rings. The molecule has 140 valence electrons. The largest absolute Gasteiger partial charge is 0.361 e. The van der Waals surface area contributed by atoms with Crippen LogP contribution in [-0.2, 0) is 12.8 Å². The van der Waals surface area contributed by atoms with Gasteiger partial charge in [-0.1, -0.05) is 47.6 Å². The van der Waals surface area contributed by atoms with Gasteiger partial charge in [-0.3, -0.25) is 4.79 Å². The first-order valence-electron chi connectivity index (χ1n) is 9.55. The third kappa shape index (κ3) is 3.35. The number of rotatable bonds is 5. The molecule has 0 aliphatic carbocycles. The summed E-state index contributed by atoms with van der Waals surface area (Å²) in [5, 5.41) is 6.47. The number of aromatic nitrogens is 1. The van der Waals surface area contributed by atoms with Crippen LogP contribution in [0.25, 0.3) is 10.8 Å². The Morgan fingerprint density at radius 2 is 2.07 bits per heavy atom. The van der Waals surface area contributed by atoms with Gasteiger partial charge in [-0.25, -0.2) is 0 Å². The quantitative estimate of drug-likeness (QED) is 0.752. The summed E-state index contributed by atoms with van der Waals surface area (Å²) in [5.41, 5.74) is 6.99. The average Bonchev–Trinajstić information content (AvgIpc) is 3.29. The van der Waals surface area contributed by atoms with Crippen molar-refractivity contribution in [3.8, 4) is 0 Å². The molecule has 1 unspecified atom stereocenters. The van der Waals surface area contributed by atoms with Crippen LogP contribution in [0.5, 0.6) is 0 Å². The lowest BCUT2D eigenvalue weighted by Crippen LogP contribution is -2.46. The highest BCUT2D eigenvalue weighted by molar-refractivity contribution is 5.93. The SMILES string of the molecule is CC1(Cc2cccc3ccccc23)CCCN1C(=O)c1cc(CCN)on1. The van der Waals surface area contributed by atoms with Crippen molar-refractivity contribution in [2.75, 3.05) is 13.1 Å². The summed E-state index contributed by atoms with van der Waals surface area (Å²) < 4.78 is 5.25. The number of hydrogen-bond acceptors (Lipinski definition) is 4. The molecule has 2 heterocycles. The fourth-order valence-electron chi connectivity index (χ4n) is 4.22. The van der Waals surface area contributed by atoms with Gasteiger partial charge >= 0.3 is 0 Å². The standard InChI is InChI=1S/C22H25N3O2/c1-22(15-17-8-4-7-16-6-2-3-9-19(16)17)11-5-13-25(22)21(26)20-14-18(10-12-23)27-24-20/h2-4,6-9,14H,5,10-13,15,23H2,1H3. The summed E-state index contributed by atoms with van der Waals surface area (Å²) in [6.07, 6.45) is 3.40. The molecule has 1 aliphatic heterocycles. The van der Waals surface area contributed by atoms with Crippen molar-refractivity contribution in [2.45, 2.75) is 38.1 Å². The lowest BCUT2D eigenvalue weighted by molar-refractivity contribution is 0.0614. The van der Waals surface area contributed by atoms with Crippen LogP contribution in [0.4, 0.5) is 0 Å². The molecule has 0 spiro atoms. The fourth-order valence-corrected chi connectivity index (χ4v) is 4.22. The van der Waals surface area contributed by atoms with E-state index in [1.54, 1.807) is 6.07 Å². The first kappa shape index (κ1) is 17.7. The van der Waals surface area contributed by atoms with Crippen LogP contribution in [0.3, 0.4) is 0 Å². The molecule has 0 saturated carbocycles. The number of carbonyl (C=O) groups is 1. The highest BCUT2D eigenvalue weighted by atomic mass is 16.5. The normalized spacial score (nSPS) is 19.7. The van der Waals surface area contributed by atoms with E-state index in [0.29, 0.717) is 24.4 Å². The van der Waals surface area contributed by atoms with Gasteiger partial charge in [0, 0.05) is 24.6 Å². The summed E-state index contributed by atoms with van der Waals surface area (Å²) in [6.45, 7) is 3.41. The van der Waals surface area contributed by atoms with Crippen LogP contribution in [0, 0.1) is 0 Å². The molecule has 2 N–H and O–H groups in total. The van der Waals surface area contributed by atoms with Gasteiger partial charge in [-0.15, -0.1) is 0 Å². The monoisotopic (exact) mass is 363 g/mol. The second kappa shape index (κ2) is 7.16. The van der Waals surface area contributed by atoms with Crippen molar-refractivity contribution in [3.05, 3.63) is 65.5 Å². The van der Waals surface area contributed by atoms with Crippen molar-refractivity contribution >= 4 is 16.7 Å². The van der Waals surface area contributed by atoms with Gasteiger partial charge in [0.05, 0.1) is 0 Å². The number of hydrogen-bond donors (Lipinski definition) is 1. The molecule has 0 bridgehead atoms. The van der Waals surface area contributed by atoms with Crippen molar-refractivity contribution < 1.29 is 9.32 Å². The number of amides is 1. The second-order valence-corrected chi connectivity index (χ2v) is 7.59. The number of nitrogens with zero attached hydrogens (tertiary/aromatic N) is 2. The first-order valence-corrected chi connectivity index (χ1v) is 9.55. The Hall–Kier alpha value is -2.66. The molecule has 1 fully saturated rings. The minimum absolute atomic E-state index is 0.0535. The van der Waals surface area contributed by atoms with Crippen LogP contribution >= 0.6 is 0 Å². The predicted molar refractivity (Wildman–Crippen MR) is 106 cm³/mol. The van der Waals surface area contributed by atoms with Gasteiger partial charge < -0.3 is 15.2 Å². The topological polar surface area (TPSA) is 72.4 Å². The predicted octanol–water partition coefficient (Wildman–Crippen LogP) is 3.57. The number of nitrogens with two attached hydrogens (primary N) is 1. The van der Waals surface area contributed by atoms with Crippen LogP contribution < -0.4 is 5.73 Å². The minimum Gasteiger partial charge on any atom is -0.361 e. The Bertz CT molecular complexity index is 960. The van der Waals surface area contributed by atoms with E-state index in [1.165, 1.54) is 16.3 Å². The first-order chi connectivity index (χ1) is 13.1. The summed E-state index contributed by atoms with van der Waals surface area (Å²) in [7, 11) is 0. The van der Waals surface area contributed by atoms with Gasteiger partial charge in [0.2, 0.25) is 0 Å². The zero-order chi connectivity index (χ0) is 18.9. The molecule has 5 heteroatoms. The van der Waals surface area contributed by atoms with E-state index in [4.69, 9.17) is 10.3 Å². The van der Waals surface area contributed by atoms with Crippen LogP contribution in [0.2, 0.25) is 0 Å². The molecular weight excluding hydrogens is 338 g/mol. The smallest absolute Gasteiger partial charge is 0.276 e. The third-order valence-corrected chi connectivity index (χ3v) is 5.61. The molecule has 0 radical (unpaired) electrons. The molecule has 27 heavy (non-hydrogen) atoms. The molecule has 1 aromatic heterocycles. The highest BCUT2D eigenvalue weighted by Crippen LogP contribution is 2.35. The van der Waals surface area contributed by atoms with Crippen molar-refractivity contribution in [3.63, 3.8) is 0 Å².